The molecule has 0 spiro atoms. The number of phenolic OH excluding ortho intramolecular Hbond substituents is 2. The topological polar surface area (TPSA) is 140 Å². The van der Waals surface area contributed by atoms with E-state index in [0.717, 1.165) is 10.9 Å². The Balaban J connectivity index is 0.000000167. The number of nitrogens with one attached hydrogen (secondary N) is 1. The van der Waals surface area contributed by atoms with Gasteiger partial charge in [0.25, 0.3) is 0 Å². The largest absolute Gasteiger partial charge is 0.504 e. The summed E-state index contributed by atoms with van der Waals surface area (Å²) >= 11 is 0. The Kier molecular flexibility index (Phi) is 4.65. The standard InChI is InChI=1S/C8H7NO2.C7H11N3O2/c10-7-3-5-1-2-9-6(5)4-8(7)11;1-11-6-4(8)3-5(9)7(10-6)12-2/h1-4,9-11H;3H,8-9H2,1-2H3. The molecule has 1 aromatic carbocycles. The van der Waals surface area contributed by atoms with E-state index < -0.39 is 0 Å². The Morgan fingerprint density at radius 2 is 1.52 bits per heavy atom. The van der Waals surface area contributed by atoms with E-state index in [4.69, 9.17) is 31.2 Å². The zero-order valence-electron chi connectivity index (χ0n) is 12.7. The van der Waals surface area contributed by atoms with E-state index in [1.165, 1.54) is 26.4 Å². The van der Waals surface area contributed by atoms with Crippen LogP contribution in [0.4, 0.5) is 11.4 Å². The first kappa shape index (κ1) is 16.1. The Hall–Kier alpha value is -3.29. The van der Waals surface area contributed by atoms with Gasteiger partial charge in [0.05, 0.1) is 25.6 Å². The van der Waals surface area contributed by atoms with Gasteiger partial charge >= 0.3 is 0 Å². The number of H-pyrrole nitrogens is 1. The van der Waals surface area contributed by atoms with E-state index in [9.17, 15) is 0 Å². The summed E-state index contributed by atoms with van der Waals surface area (Å²) in [6, 6.07) is 6.38. The number of nitrogens with zero attached hydrogens (tertiary/aromatic N) is 1. The van der Waals surface area contributed by atoms with Crippen molar-refractivity contribution in [1.29, 1.82) is 0 Å². The summed E-state index contributed by atoms with van der Waals surface area (Å²) in [7, 11) is 2.96. The van der Waals surface area contributed by atoms with E-state index in [0.29, 0.717) is 23.1 Å². The van der Waals surface area contributed by atoms with Gasteiger partial charge in [-0.25, -0.2) is 0 Å². The Morgan fingerprint density at radius 3 is 2.09 bits per heavy atom. The minimum atomic E-state index is -0.0973. The molecule has 0 amide bonds. The first-order valence-electron chi connectivity index (χ1n) is 6.59. The Morgan fingerprint density at radius 1 is 0.957 bits per heavy atom. The number of fused-ring (bicyclic) bond motifs is 1. The molecule has 0 aliphatic heterocycles. The highest BCUT2D eigenvalue weighted by atomic mass is 16.5. The van der Waals surface area contributed by atoms with Gasteiger partial charge in [0.15, 0.2) is 11.5 Å². The minimum Gasteiger partial charge on any atom is -0.504 e. The molecule has 23 heavy (non-hydrogen) atoms. The zero-order chi connectivity index (χ0) is 17.0. The van der Waals surface area contributed by atoms with Crippen LogP contribution in [-0.2, 0) is 0 Å². The van der Waals surface area contributed by atoms with Crippen LogP contribution < -0.4 is 20.9 Å². The molecule has 0 radical (unpaired) electrons. The number of nitrogen functional groups attached to an aromatic ring is 2. The number of aromatic hydroxyl groups is 2. The average molecular weight is 318 g/mol. The number of anilines is 2. The Labute approximate surface area is 132 Å². The van der Waals surface area contributed by atoms with Gasteiger partial charge in [0.1, 0.15) is 0 Å². The molecule has 0 bridgehead atoms. The quantitative estimate of drug-likeness (QED) is 0.454. The molecule has 8 nitrogen and oxygen atoms in total. The van der Waals surface area contributed by atoms with E-state index in [1.54, 1.807) is 12.3 Å². The van der Waals surface area contributed by atoms with Crippen molar-refractivity contribution in [3.05, 3.63) is 30.5 Å². The van der Waals surface area contributed by atoms with Gasteiger partial charge in [-0.1, -0.05) is 0 Å². The molecule has 3 aromatic rings. The van der Waals surface area contributed by atoms with E-state index in [-0.39, 0.29) is 11.5 Å². The highest BCUT2D eigenvalue weighted by Crippen LogP contribution is 2.29. The van der Waals surface area contributed by atoms with Gasteiger partial charge in [0.2, 0.25) is 11.8 Å². The van der Waals surface area contributed by atoms with Gasteiger partial charge in [-0.2, -0.15) is 4.98 Å². The predicted octanol–water partition coefficient (Wildman–Crippen LogP) is 1.84. The maximum atomic E-state index is 9.07. The first-order valence-corrected chi connectivity index (χ1v) is 6.59. The Bertz CT molecular complexity index is 755. The lowest BCUT2D eigenvalue weighted by Gasteiger charge is -2.07. The fourth-order valence-electron chi connectivity index (χ4n) is 1.92. The van der Waals surface area contributed by atoms with Crippen molar-refractivity contribution in [3.63, 3.8) is 0 Å². The first-order chi connectivity index (χ1) is 11.0. The number of methoxy groups -OCH3 is 2. The summed E-state index contributed by atoms with van der Waals surface area (Å²) in [4.78, 5) is 6.83. The summed E-state index contributed by atoms with van der Waals surface area (Å²) in [6.45, 7) is 0. The van der Waals surface area contributed by atoms with Crippen LogP contribution in [0.5, 0.6) is 23.3 Å². The molecule has 0 unspecified atom stereocenters. The summed E-state index contributed by atoms with van der Waals surface area (Å²) in [5, 5.41) is 19.0. The fraction of sp³-hybridized carbons (Fsp3) is 0.133. The second-order valence-electron chi connectivity index (χ2n) is 4.59. The highest BCUT2D eigenvalue weighted by Gasteiger charge is 2.07. The number of aromatic amines is 1. The monoisotopic (exact) mass is 318 g/mol. The summed E-state index contributed by atoms with van der Waals surface area (Å²) < 4.78 is 9.74. The van der Waals surface area contributed by atoms with Crippen molar-refractivity contribution in [2.45, 2.75) is 0 Å². The SMILES string of the molecule is COc1nc(OC)c(N)cc1N.Oc1cc2cc[nH]c2cc1O. The van der Waals surface area contributed by atoms with Crippen LogP contribution in [0.15, 0.2) is 30.5 Å². The molecule has 0 aliphatic rings. The number of ether oxygens (including phenoxy) is 2. The third kappa shape index (κ3) is 3.49. The number of pyridine rings is 1. The van der Waals surface area contributed by atoms with Gasteiger partial charge in [-0.15, -0.1) is 0 Å². The number of phenols is 2. The molecule has 0 saturated carbocycles. The van der Waals surface area contributed by atoms with Crippen LogP contribution in [-0.4, -0.2) is 34.4 Å². The van der Waals surface area contributed by atoms with E-state index in [1.807, 2.05) is 6.07 Å². The van der Waals surface area contributed by atoms with Crippen molar-refractivity contribution < 1.29 is 19.7 Å². The number of benzene rings is 1. The van der Waals surface area contributed by atoms with Gasteiger partial charge in [-0.05, 0) is 18.2 Å². The second-order valence-corrected chi connectivity index (χ2v) is 4.59. The van der Waals surface area contributed by atoms with E-state index >= 15 is 0 Å². The lowest BCUT2D eigenvalue weighted by atomic mass is 10.2. The molecule has 0 saturated heterocycles. The minimum absolute atomic E-state index is 0.0860. The smallest absolute Gasteiger partial charge is 0.240 e. The predicted molar refractivity (Wildman–Crippen MR) is 87.8 cm³/mol. The molecule has 8 heteroatoms. The van der Waals surface area contributed by atoms with Crippen molar-refractivity contribution in [1.82, 2.24) is 9.97 Å². The normalized spacial score (nSPS) is 10.0. The second kappa shape index (κ2) is 6.65. The van der Waals surface area contributed by atoms with E-state index in [2.05, 4.69) is 9.97 Å². The lowest BCUT2D eigenvalue weighted by molar-refractivity contribution is 0.368. The maximum Gasteiger partial charge on any atom is 0.240 e. The third-order valence-corrected chi connectivity index (χ3v) is 3.04. The van der Waals surface area contributed by atoms with Crippen LogP contribution in [0, 0.1) is 0 Å². The zero-order valence-corrected chi connectivity index (χ0v) is 12.7. The maximum absolute atomic E-state index is 9.07. The van der Waals surface area contributed by atoms with Crippen molar-refractivity contribution in [2.75, 3.05) is 25.7 Å². The molecule has 0 atom stereocenters. The van der Waals surface area contributed by atoms with Crippen LogP contribution in [0.2, 0.25) is 0 Å². The summed E-state index contributed by atoms with van der Waals surface area (Å²) in [6.07, 6.45) is 1.75. The van der Waals surface area contributed by atoms with Gasteiger partial charge < -0.3 is 36.1 Å². The number of nitrogens with two attached hydrogens (primary N) is 2. The van der Waals surface area contributed by atoms with Crippen molar-refractivity contribution in [3.8, 4) is 23.3 Å². The molecule has 0 aliphatic carbocycles. The molecule has 3 rings (SSSR count). The molecule has 7 N–H and O–H groups in total. The summed E-state index contributed by atoms with van der Waals surface area (Å²) in [5.41, 5.74) is 12.7. The molecule has 0 fully saturated rings. The number of hydrogen-bond acceptors (Lipinski definition) is 7. The molecular formula is C15H18N4O4. The van der Waals surface area contributed by atoms with Crippen molar-refractivity contribution in [2.24, 2.45) is 0 Å². The van der Waals surface area contributed by atoms with Crippen LogP contribution in [0.1, 0.15) is 0 Å². The molecule has 2 aromatic heterocycles. The molecule has 122 valence electrons. The molecular weight excluding hydrogens is 300 g/mol. The van der Waals surface area contributed by atoms with Crippen LogP contribution >= 0.6 is 0 Å². The number of aromatic nitrogens is 2. The average Bonchev–Trinajstić information content (AvgIpc) is 2.96. The third-order valence-electron chi connectivity index (χ3n) is 3.04. The summed E-state index contributed by atoms with van der Waals surface area (Å²) in [5.74, 6) is 0.458. The molecule has 2 heterocycles. The van der Waals surface area contributed by atoms with Crippen LogP contribution in [0.25, 0.3) is 10.9 Å². The van der Waals surface area contributed by atoms with Gasteiger partial charge in [0, 0.05) is 23.2 Å². The number of rotatable bonds is 2. The van der Waals surface area contributed by atoms with Crippen LogP contribution in [0.3, 0.4) is 0 Å². The highest BCUT2D eigenvalue weighted by molar-refractivity contribution is 5.82. The van der Waals surface area contributed by atoms with Crippen molar-refractivity contribution >= 4 is 22.3 Å². The fourth-order valence-corrected chi connectivity index (χ4v) is 1.92. The van der Waals surface area contributed by atoms with Gasteiger partial charge in [-0.3, -0.25) is 0 Å². The lowest BCUT2D eigenvalue weighted by Crippen LogP contribution is -2.01. The number of hydrogen-bond donors (Lipinski definition) is 5.